The molecule has 2 aromatic rings. The average Bonchev–Trinajstić information content (AvgIpc) is 2.87. The summed E-state index contributed by atoms with van der Waals surface area (Å²) in [7, 11) is 3.83. The summed E-state index contributed by atoms with van der Waals surface area (Å²) in [6.45, 7) is 7.16. The monoisotopic (exact) mass is 484 g/mol. The van der Waals surface area contributed by atoms with Crippen LogP contribution in [0.25, 0.3) is 0 Å². The SMILES string of the molecule is CCCN(CCCCCCN(C)CCOc1ccccc1OC)[C@H]1CCc2c(ccc(O)c2O)C1. The summed E-state index contributed by atoms with van der Waals surface area (Å²) in [4.78, 5) is 4.99. The maximum absolute atomic E-state index is 10.2. The molecular weight excluding hydrogens is 440 g/mol. The van der Waals surface area contributed by atoms with Crippen molar-refractivity contribution in [3.8, 4) is 23.0 Å². The van der Waals surface area contributed by atoms with Gasteiger partial charge in [0.15, 0.2) is 23.0 Å². The van der Waals surface area contributed by atoms with Crippen LogP contribution >= 0.6 is 0 Å². The van der Waals surface area contributed by atoms with Gasteiger partial charge in [-0.1, -0.05) is 38.0 Å². The Morgan fingerprint density at radius 3 is 2.40 bits per heavy atom. The number of aromatic hydroxyl groups is 2. The zero-order valence-electron chi connectivity index (χ0n) is 21.8. The third kappa shape index (κ3) is 8.04. The molecule has 0 aliphatic heterocycles. The van der Waals surface area contributed by atoms with Crippen molar-refractivity contribution >= 4 is 0 Å². The van der Waals surface area contributed by atoms with E-state index in [1.165, 1.54) is 31.2 Å². The van der Waals surface area contributed by atoms with E-state index in [1.54, 1.807) is 13.2 Å². The standard InChI is InChI=1S/C29H44N2O4/c1-4-17-31(24-14-15-25-23(22-24)13-16-26(32)29(25)33)19-10-6-5-9-18-30(2)20-21-35-28-12-8-7-11-27(28)34-3/h7-8,11-13,16,24,32-33H,4-6,9-10,14-15,17-22H2,1-3H3/t24-/m0/s1. The molecule has 3 rings (SSSR count). The number of fused-ring (bicyclic) bond motifs is 1. The molecule has 0 radical (unpaired) electrons. The Morgan fingerprint density at radius 2 is 1.66 bits per heavy atom. The Bertz CT molecular complexity index is 904. The molecule has 0 fully saturated rings. The number of methoxy groups -OCH3 is 1. The highest BCUT2D eigenvalue weighted by atomic mass is 16.5. The first-order valence-electron chi connectivity index (χ1n) is 13.2. The van der Waals surface area contributed by atoms with Gasteiger partial charge in [-0.25, -0.2) is 0 Å². The molecule has 2 aromatic carbocycles. The molecule has 0 amide bonds. The topological polar surface area (TPSA) is 65.4 Å². The first kappa shape index (κ1) is 27.2. The van der Waals surface area contributed by atoms with E-state index in [0.717, 1.165) is 68.9 Å². The number of likely N-dealkylation sites (N-methyl/N-ethyl adjacent to an activating group) is 1. The molecular formula is C29H44N2O4. The summed E-state index contributed by atoms with van der Waals surface area (Å²) in [6.07, 6.45) is 8.95. The van der Waals surface area contributed by atoms with E-state index >= 15 is 0 Å². The van der Waals surface area contributed by atoms with Gasteiger partial charge in [-0.2, -0.15) is 0 Å². The first-order chi connectivity index (χ1) is 17.0. The van der Waals surface area contributed by atoms with E-state index < -0.39 is 0 Å². The van der Waals surface area contributed by atoms with Gasteiger partial charge in [-0.15, -0.1) is 0 Å². The lowest BCUT2D eigenvalue weighted by atomic mass is 9.86. The van der Waals surface area contributed by atoms with Crippen molar-refractivity contribution in [1.82, 2.24) is 9.80 Å². The lowest BCUT2D eigenvalue weighted by Gasteiger charge is -2.35. The third-order valence-corrected chi connectivity index (χ3v) is 7.10. The molecule has 6 heteroatoms. The lowest BCUT2D eigenvalue weighted by molar-refractivity contribution is 0.174. The number of hydrogen-bond donors (Lipinski definition) is 2. The zero-order chi connectivity index (χ0) is 25.0. The van der Waals surface area contributed by atoms with Crippen molar-refractivity contribution in [1.29, 1.82) is 0 Å². The zero-order valence-corrected chi connectivity index (χ0v) is 21.8. The number of rotatable bonds is 15. The number of phenolic OH excluding ortho intramolecular Hbond substituents is 2. The molecule has 1 aliphatic carbocycles. The fourth-order valence-electron chi connectivity index (χ4n) is 5.09. The van der Waals surface area contributed by atoms with Crippen LogP contribution in [0.3, 0.4) is 0 Å². The molecule has 0 spiro atoms. The molecule has 0 bridgehead atoms. The van der Waals surface area contributed by atoms with E-state index in [-0.39, 0.29) is 11.5 Å². The molecule has 6 nitrogen and oxygen atoms in total. The third-order valence-electron chi connectivity index (χ3n) is 7.10. The number of hydrogen-bond acceptors (Lipinski definition) is 6. The lowest BCUT2D eigenvalue weighted by Crippen LogP contribution is -2.40. The normalized spacial score (nSPS) is 15.4. The quantitative estimate of drug-likeness (QED) is 0.266. The number of benzene rings is 2. The molecule has 0 aromatic heterocycles. The van der Waals surface area contributed by atoms with Crippen LogP contribution in [-0.2, 0) is 12.8 Å². The van der Waals surface area contributed by atoms with Crippen LogP contribution in [0.15, 0.2) is 36.4 Å². The van der Waals surface area contributed by atoms with Crippen molar-refractivity contribution in [2.75, 3.05) is 46.9 Å². The number of phenols is 2. The summed E-state index contributed by atoms with van der Waals surface area (Å²) < 4.78 is 11.2. The predicted molar refractivity (Wildman–Crippen MR) is 142 cm³/mol. The number of ether oxygens (including phenoxy) is 2. The molecule has 0 unspecified atom stereocenters. The summed E-state index contributed by atoms with van der Waals surface area (Å²) in [5.74, 6) is 1.67. The largest absolute Gasteiger partial charge is 0.504 e. The van der Waals surface area contributed by atoms with Crippen LogP contribution in [0.5, 0.6) is 23.0 Å². The van der Waals surface area contributed by atoms with Crippen molar-refractivity contribution < 1.29 is 19.7 Å². The van der Waals surface area contributed by atoms with Gasteiger partial charge in [-0.05, 0) is 89.0 Å². The van der Waals surface area contributed by atoms with Gasteiger partial charge < -0.3 is 29.5 Å². The van der Waals surface area contributed by atoms with E-state index in [4.69, 9.17) is 9.47 Å². The van der Waals surface area contributed by atoms with E-state index in [2.05, 4.69) is 23.8 Å². The van der Waals surface area contributed by atoms with Crippen LogP contribution in [0.1, 0.15) is 56.6 Å². The highest BCUT2D eigenvalue weighted by Gasteiger charge is 2.26. The van der Waals surface area contributed by atoms with Crippen LogP contribution in [-0.4, -0.2) is 73.0 Å². The van der Waals surface area contributed by atoms with E-state index in [0.29, 0.717) is 12.6 Å². The van der Waals surface area contributed by atoms with Crippen LogP contribution in [0, 0.1) is 0 Å². The van der Waals surface area contributed by atoms with Crippen LogP contribution < -0.4 is 9.47 Å². The van der Waals surface area contributed by atoms with E-state index in [1.807, 2.05) is 30.3 Å². The minimum atomic E-state index is 0.00205. The van der Waals surface area contributed by atoms with Crippen molar-refractivity contribution in [3.05, 3.63) is 47.5 Å². The highest BCUT2D eigenvalue weighted by Crippen LogP contribution is 2.36. The van der Waals surface area contributed by atoms with Crippen molar-refractivity contribution in [2.45, 2.75) is 64.3 Å². The average molecular weight is 485 g/mol. The molecule has 0 heterocycles. The minimum absolute atomic E-state index is 0.00205. The smallest absolute Gasteiger partial charge is 0.161 e. The molecule has 2 N–H and O–H groups in total. The Morgan fingerprint density at radius 1 is 0.914 bits per heavy atom. The Labute approximate surface area is 211 Å². The van der Waals surface area contributed by atoms with Gasteiger partial charge in [0.2, 0.25) is 0 Å². The van der Waals surface area contributed by atoms with E-state index in [9.17, 15) is 10.2 Å². The van der Waals surface area contributed by atoms with Crippen LogP contribution in [0.2, 0.25) is 0 Å². The Kier molecular flexibility index (Phi) is 11.0. The second kappa shape index (κ2) is 14.2. The molecule has 35 heavy (non-hydrogen) atoms. The summed E-state index contributed by atoms with van der Waals surface area (Å²) in [5.41, 5.74) is 2.13. The first-order valence-corrected chi connectivity index (χ1v) is 13.2. The molecule has 0 saturated carbocycles. The second-order valence-corrected chi connectivity index (χ2v) is 9.72. The van der Waals surface area contributed by atoms with Gasteiger partial charge in [0.1, 0.15) is 6.61 Å². The second-order valence-electron chi connectivity index (χ2n) is 9.72. The number of nitrogens with zero attached hydrogens (tertiary/aromatic N) is 2. The minimum Gasteiger partial charge on any atom is -0.504 e. The Balaban J connectivity index is 1.31. The number of para-hydroxylation sites is 2. The molecule has 1 atom stereocenters. The predicted octanol–water partition coefficient (Wildman–Crippen LogP) is 5.25. The Hall–Kier alpha value is -2.44. The van der Waals surface area contributed by atoms with Gasteiger partial charge in [0.05, 0.1) is 7.11 Å². The summed E-state index contributed by atoms with van der Waals surface area (Å²) >= 11 is 0. The van der Waals surface area contributed by atoms with Gasteiger partial charge in [-0.3, -0.25) is 0 Å². The van der Waals surface area contributed by atoms with Crippen molar-refractivity contribution in [3.63, 3.8) is 0 Å². The molecule has 194 valence electrons. The molecule has 0 saturated heterocycles. The van der Waals surface area contributed by atoms with Crippen molar-refractivity contribution in [2.24, 2.45) is 0 Å². The fraction of sp³-hybridized carbons (Fsp3) is 0.586. The van der Waals surface area contributed by atoms with Crippen LogP contribution in [0.4, 0.5) is 0 Å². The maximum atomic E-state index is 10.2. The summed E-state index contributed by atoms with van der Waals surface area (Å²) in [6, 6.07) is 11.9. The highest BCUT2D eigenvalue weighted by molar-refractivity contribution is 5.50. The number of unbranched alkanes of at least 4 members (excludes halogenated alkanes) is 3. The summed E-state index contributed by atoms with van der Waals surface area (Å²) in [5, 5.41) is 20.0. The van der Waals surface area contributed by atoms with Gasteiger partial charge in [0, 0.05) is 18.2 Å². The maximum Gasteiger partial charge on any atom is 0.161 e. The van der Waals surface area contributed by atoms with Gasteiger partial charge in [0.25, 0.3) is 0 Å². The fourth-order valence-corrected chi connectivity index (χ4v) is 5.09. The van der Waals surface area contributed by atoms with Gasteiger partial charge >= 0.3 is 0 Å². The molecule has 1 aliphatic rings.